The van der Waals surface area contributed by atoms with Crippen LogP contribution in [0.2, 0.25) is 5.31 Å². The predicted octanol–water partition coefficient (Wildman–Crippen LogP) is 4.61. The summed E-state index contributed by atoms with van der Waals surface area (Å²) in [6.45, 7) is 15.0. The molecule has 1 atom stereocenters. The quantitative estimate of drug-likeness (QED) is 0.525. The van der Waals surface area contributed by atoms with Crippen molar-refractivity contribution in [2.24, 2.45) is 0 Å². The predicted molar refractivity (Wildman–Crippen MR) is 78.8 cm³/mol. The molecule has 0 spiro atoms. The molecule has 1 aliphatic rings. The third kappa shape index (κ3) is 3.00. The summed E-state index contributed by atoms with van der Waals surface area (Å²) in [5, 5.41) is -0.0319. The van der Waals surface area contributed by atoms with Crippen molar-refractivity contribution in [3.05, 3.63) is 12.2 Å². The van der Waals surface area contributed by atoms with E-state index in [-0.39, 0.29) is 23.6 Å². The van der Waals surface area contributed by atoms with Gasteiger partial charge in [0.05, 0.1) is 11.2 Å². The minimum atomic E-state index is -0.243. The molecular formula is C15H29BO2. The molecule has 0 aromatic rings. The van der Waals surface area contributed by atoms with Gasteiger partial charge in [0, 0.05) is 5.31 Å². The zero-order valence-electron chi connectivity index (χ0n) is 13.2. The Morgan fingerprint density at radius 3 is 2.00 bits per heavy atom. The molecule has 104 valence electrons. The van der Waals surface area contributed by atoms with E-state index in [1.165, 1.54) is 12.8 Å². The maximum Gasteiger partial charge on any atom is 0.468 e. The van der Waals surface area contributed by atoms with E-state index in [4.69, 9.17) is 9.31 Å². The zero-order chi connectivity index (χ0) is 14.0. The van der Waals surface area contributed by atoms with Gasteiger partial charge in [-0.05, 0) is 41.0 Å². The Morgan fingerprint density at radius 1 is 1.11 bits per heavy atom. The summed E-state index contributed by atoms with van der Waals surface area (Å²) in [4.78, 5) is 0. The lowest BCUT2D eigenvalue weighted by Gasteiger charge is -2.32. The summed E-state index contributed by atoms with van der Waals surface area (Å²) >= 11 is 0. The van der Waals surface area contributed by atoms with E-state index in [9.17, 15) is 0 Å². The number of unbranched alkanes of at least 4 members (excludes halogenated alkanes) is 1. The van der Waals surface area contributed by atoms with Crippen LogP contribution >= 0.6 is 0 Å². The summed E-state index contributed by atoms with van der Waals surface area (Å²) in [6, 6.07) is 0. The molecule has 0 aromatic heterocycles. The van der Waals surface area contributed by atoms with E-state index in [1.807, 2.05) is 0 Å². The minimum Gasteiger partial charge on any atom is -0.403 e. The Kier molecular flexibility index (Phi) is 4.72. The Bertz CT molecular complexity index is 294. The van der Waals surface area contributed by atoms with Gasteiger partial charge >= 0.3 is 7.12 Å². The van der Waals surface area contributed by atoms with Gasteiger partial charge in [0.15, 0.2) is 0 Å². The molecule has 3 heteroatoms. The molecule has 0 bridgehead atoms. The number of hydrogen-bond donors (Lipinski definition) is 0. The van der Waals surface area contributed by atoms with Crippen LogP contribution in [-0.4, -0.2) is 18.3 Å². The van der Waals surface area contributed by atoms with Crippen molar-refractivity contribution in [1.29, 1.82) is 0 Å². The second kappa shape index (κ2) is 5.38. The number of hydrogen-bond acceptors (Lipinski definition) is 2. The molecule has 1 aliphatic heterocycles. The highest BCUT2D eigenvalue weighted by molar-refractivity contribution is 6.50. The van der Waals surface area contributed by atoms with Crippen LogP contribution in [0.1, 0.15) is 67.7 Å². The summed E-state index contributed by atoms with van der Waals surface area (Å²) in [5.41, 5.74) is -0.487. The molecule has 0 unspecified atom stereocenters. The first-order chi connectivity index (χ1) is 8.18. The van der Waals surface area contributed by atoms with E-state index in [2.05, 4.69) is 60.6 Å². The first-order valence-corrected chi connectivity index (χ1v) is 7.18. The lowest BCUT2D eigenvalue weighted by Crippen LogP contribution is -2.41. The molecule has 0 N–H and O–H groups in total. The van der Waals surface area contributed by atoms with Crippen molar-refractivity contribution in [2.45, 2.75) is 84.2 Å². The fourth-order valence-electron chi connectivity index (χ4n) is 2.33. The number of rotatable bonds is 5. The van der Waals surface area contributed by atoms with Crippen molar-refractivity contribution < 1.29 is 9.31 Å². The molecular weight excluding hydrogens is 223 g/mol. The maximum absolute atomic E-state index is 6.21. The molecule has 1 saturated heterocycles. The maximum atomic E-state index is 6.21. The highest BCUT2D eigenvalue weighted by Crippen LogP contribution is 2.48. The summed E-state index contributed by atoms with van der Waals surface area (Å²) in [5.74, 6) is 0. The molecule has 1 fully saturated rings. The molecule has 1 rings (SSSR count). The van der Waals surface area contributed by atoms with Crippen LogP contribution in [0.15, 0.2) is 12.2 Å². The van der Waals surface area contributed by atoms with E-state index in [0.29, 0.717) is 0 Å². The van der Waals surface area contributed by atoms with Crippen LogP contribution < -0.4 is 0 Å². The fraction of sp³-hybridized carbons (Fsp3) is 0.867. The average molecular weight is 252 g/mol. The fourth-order valence-corrected chi connectivity index (χ4v) is 2.33. The smallest absolute Gasteiger partial charge is 0.403 e. The first kappa shape index (κ1) is 15.8. The second-order valence-electron chi connectivity index (χ2n) is 6.70. The van der Waals surface area contributed by atoms with Gasteiger partial charge in [0.2, 0.25) is 0 Å². The third-order valence-electron chi connectivity index (χ3n) is 4.41. The molecule has 0 aliphatic carbocycles. The SMILES string of the molecule is C/C=C/[C@@](C)(CCCC)B1OC(C)(C)C(C)(C)O1. The van der Waals surface area contributed by atoms with Gasteiger partial charge in [-0.3, -0.25) is 0 Å². The van der Waals surface area contributed by atoms with E-state index in [1.54, 1.807) is 0 Å². The summed E-state index contributed by atoms with van der Waals surface area (Å²) in [7, 11) is -0.148. The van der Waals surface area contributed by atoms with E-state index in [0.717, 1.165) is 6.42 Å². The summed E-state index contributed by atoms with van der Waals surface area (Å²) < 4.78 is 12.4. The highest BCUT2D eigenvalue weighted by atomic mass is 16.7. The topological polar surface area (TPSA) is 18.5 Å². The standard InChI is InChI=1S/C15H29BO2/c1-8-10-12-15(7,11-9-2)16-17-13(3,4)14(5,6)18-16/h9,11H,8,10,12H2,1-7H3/b11-9+/t15-/m0/s1. The van der Waals surface area contributed by atoms with Crippen LogP contribution in [0, 0.1) is 0 Å². The molecule has 18 heavy (non-hydrogen) atoms. The van der Waals surface area contributed by atoms with Gasteiger partial charge in [-0.15, -0.1) is 0 Å². The van der Waals surface area contributed by atoms with Crippen LogP contribution in [-0.2, 0) is 9.31 Å². The molecule has 2 nitrogen and oxygen atoms in total. The minimum absolute atomic E-state index is 0.0319. The van der Waals surface area contributed by atoms with Crippen LogP contribution in [0.3, 0.4) is 0 Å². The van der Waals surface area contributed by atoms with Crippen molar-refractivity contribution in [3.63, 3.8) is 0 Å². The van der Waals surface area contributed by atoms with Gasteiger partial charge < -0.3 is 9.31 Å². The van der Waals surface area contributed by atoms with Gasteiger partial charge in [0.25, 0.3) is 0 Å². The van der Waals surface area contributed by atoms with Crippen molar-refractivity contribution in [3.8, 4) is 0 Å². The largest absolute Gasteiger partial charge is 0.468 e. The average Bonchev–Trinajstić information content (AvgIpc) is 2.46. The zero-order valence-corrected chi connectivity index (χ0v) is 13.2. The first-order valence-electron chi connectivity index (χ1n) is 7.18. The van der Waals surface area contributed by atoms with Crippen molar-refractivity contribution >= 4 is 7.12 Å². The van der Waals surface area contributed by atoms with Gasteiger partial charge in [0.1, 0.15) is 0 Å². The molecule has 0 saturated carbocycles. The normalized spacial score (nSPS) is 25.6. The van der Waals surface area contributed by atoms with E-state index >= 15 is 0 Å². The molecule has 1 heterocycles. The van der Waals surface area contributed by atoms with Crippen molar-refractivity contribution in [1.82, 2.24) is 0 Å². The Labute approximate surface area is 113 Å². The van der Waals surface area contributed by atoms with Gasteiger partial charge in [-0.25, -0.2) is 0 Å². The van der Waals surface area contributed by atoms with Crippen LogP contribution in [0.5, 0.6) is 0 Å². The molecule has 0 aromatic carbocycles. The summed E-state index contributed by atoms with van der Waals surface area (Å²) in [6.07, 6.45) is 7.85. The van der Waals surface area contributed by atoms with E-state index < -0.39 is 0 Å². The number of allylic oxidation sites excluding steroid dienone is 2. The van der Waals surface area contributed by atoms with Gasteiger partial charge in [-0.2, -0.15) is 0 Å². The third-order valence-corrected chi connectivity index (χ3v) is 4.41. The molecule has 0 amide bonds. The lowest BCUT2D eigenvalue weighted by molar-refractivity contribution is 0.00578. The van der Waals surface area contributed by atoms with Crippen molar-refractivity contribution in [2.75, 3.05) is 0 Å². The molecule has 0 radical (unpaired) electrons. The Morgan fingerprint density at radius 2 is 1.61 bits per heavy atom. The lowest BCUT2D eigenvalue weighted by atomic mass is 9.56. The van der Waals surface area contributed by atoms with Crippen LogP contribution in [0.25, 0.3) is 0 Å². The van der Waals surface area contributed by atoms with Gasteiger partial charge in [-0.1, -0.05) is 38.8 Å². The second-order valence-corrected chi connectivity index (χ2v) is 6.70. The highest BCUT2D eigenvalue weighted by Gasteiger charge is 2.56. The van der Waals surface area contributed by atoms with Crippen LogP contribution in [0.4, 0.5) is 0 Å². The monoisotopic (exact) mass is 252 g/mol. The Hall–Kier alpha value is -0.275. The Balaban J connectivity index is 2.90.